The second-order valence-corrected chi connectivity index (χ2v) is 26.8. The van der Waals surface area contributed by atoms with E-state index in [4.69, 9.17) is 0 Å². The van der Waals surface area contributed by atoms with Gasteiger partial charge in [0.25, 0.3) is 0 Å². The monoisotopic (exact) mass is 840 g/mol. The van der Waals surface area contributed by atoms with Crippen LogP contribution in [-0.4, -0.2) is 8.07 Å². The molecule has 296 valence electrons. The topological polar surface area (TPSA) is 0 Å². The van der Waals surface area contributed by atoms with Crippen molar-refractivity contribution in [1.82, 2.24) is 0 Å². The average molecular weight is 842 g/mol. The van der Waals surface area contributed by atoms with Crippen molar-refractivity contribution in [3.05, 3.63) is 108 Å². The van der Waals surface area contributed by atoms with Gasteiger partial charge in [-0.15, -0.1) is 0 Å². The first-order valence-corrected chi connectivity index (χ1v) is 22.2. The van der Waals surface area contributed by atoms with Gasteiger partial charge in [0.1, 0.15) is 0 Å². The molecule has 3 aromatic carbocycles. The van der Waals surface area contributed by atoms with Crippen LogP contribution in [-0.2, 0) is 52.9 Å². The van der Waals surface area contributed by atoms with Crippen molar-refractivity contribution in [2.24, 2.45) is 0 Å². The van der Waals surface area contributed by atoms with E-state index in [0.717, 1.165) is 6.42 Å². The third-order valence-corrected chi connectivity index (χ3v) is 17.4. The molecule has 0 aromatic heterocycles. The van der Waals surface area contributed by atoms with Gasteiger partial charge in [-0.3, -0.25) is 0 Å². The summed E-state index contributed by atoms with van der Waals surface area (Å²) in [6, 6.07) is 23.5. The Labute approximate surface area is 364 Å². The minimum Gasteiger partial charge on any atom is -1.00 e. The molecular formula is C49H71Cl3SiTi. The second-order valence-electron chi connectivity index (χ2n) is 22.0. The van der Waals surface area contributed by atoms with Crippen LogP contribution in [0.25, 0.3) is 0 Å². The SMILES string of the molecule is CC1=[C]([Ti+3])CC([Si](c2cc(C(C)(C)C)cc(C(C)(C)C)c2)(c2cc(C(C)(C)C)cc(C(C)(C)C)c2)c2cc(C(C)(C)C)cc(C(C)(C)C)c2)=C1C.[Cl-].[Cl-].[Cl-]. The molecule has 0 fully saturated rings. The Hall–Kier alpha value is -1.06. The quantitative estimate of drug-likeness (QED) is 0.281. The van der Waals surface area contributed by atoms with Crippen molar-refractivity contribution in [1.29, 1.82) is 0 Å². The summed E-state index contributed by atoms with van der Waals surface area (Å²) in [5.41, 5.74) is 11.6. The Morgan fingerprint density at radius 2 is 0.574 bits per heavy atom. The Bertz CT molecular complexity index is 1610. The van der Waals surface area contributed by atoms with Crippen molar-refractivity contribution in [3.63, 3.8) is 0 Å². The molecule has 5 heteroatoms. The van der Waals surface area contributed by atoms with Gasteiger partial charge in [-0.2, -0.15) is 0 Å². The van der Waals surface area contributed by atoms with Crippen molar-refractivity contribution < 1.29 is 57.7 Å². The Balaban J connectivity index is 0.00000486. The first-order valence-electron chi connectivity index (χ1n) is 19.4. The fraction of sp³-hybridized carbons (Fsp3) is 0.551. The van der Waals surface area contributed by atoms with E-state index in [1.54, 1.807) is 5.20 Å². The molecule has 0 unspecified atom stereocenters. The van der Waals surface area contributed by atoms with E-state index >= 15 is 0 Å². The number of hydrogen-bond acceptors (Lipinski definition) is 0. The van der Waals surface area contributed by atoms with Gasteiger partial charge in [0.15, 0.2) is 0 Å². The average Bonchev–Trinajstić information content (AvgIpc) is 3.21. The van der Waals surface area contributed by atoms with Crippen LogP contribution < -0.4 is 52.8 Å². The Kier molecular flexibility index (Phi) is 15.7. The van der Waals surface area contributed by atoms with E-state index in [2.05, 4.69) is 214 Å². The van der Waals surface area contributed by atoms with Gasteiger partial charge in [0, 0.05) is 0 Å². The zero-order valence-electron chi connectivity index (χ0n) is 37.5. The normalized spacial score (nSPS) is 14.9. The number of benzene rings is 3. The van der Waals surface area contributed by atoms with Gasteiger partial charge in [0.2, 0.25) is 0 Å². The molecule has 0 nitrogen and oxygen atoms in total. The molecule has 0 saturated heterocycles. The zero-order valence-corrected chi connectivity index (χ0v) is 42.4. The maximum Gasteiger partial charge on any atom is -1.00 e. The first-order chi connectivity index (χ1) is 22.8. The van der Waals surface area contributed by atoms with E-state index in [1.165, 1.54) is 64.0 Å². The fourth-order valence-electron chi connectivity index (χ4n) is 7.46. The number of halogens is 3. The maximum absolute atomic E-state index is 2.96. The summed E-state index contributed by atoms with van der Waals surface area (Å²) >= 11 is 2.38. The first kappa shape index (κ1) is 51.0. The van der Waals surface area contributed by atoms with Crippen LogP contribution in [0.5, 0.6) is 0 Å². The van der Waals surface area contributed by atoms with Crippen molar-refractivity contribution in [2.75, 3.05) is 0 Å². The number of allylic oxidation sites excluding steroid dienone is 4. The molecular weight excluding hydrogens is 771 g/mol. The molecule has 1 aliphatic rings. The minimum absolute atomic E-state index is 0. The molecule has 0 aliphatic heterocycles. The molecule has 0 heterocycles. The van der Waals surface area contributed by atoms with Crippen molar-refractivity contribution >= 4 is 23.6 Å². The maximum atomic E-state index is 2.66. The summed E-state index contributed by atoms with van der Waals surface area (Å²) in [5.74, 6) is 0. The molecule has 54 heavy (non-hydrogen) atoms. The van der Waals surface area contributed by atoms with Crippen LogP contribution in [0, 0.1) is 0 Å². The summed E-state index contributed by atoms with van der Waals surface area (Å²) in [7, 11) is -2.96. The van der Waals surface area contributed by atoms with Crippen molar-refractivity contribution in [2.45, 2.75) is 177 Å². The van der Waals surface area contributed by atoms with E-state index in [-0.39, 0.29) is 69.7 Å². The van der Waals surface area contributed by atoms with Crippen molar-refractivity contribution in [3.8, 4) is 0 Å². The summed E-state index contributed by atoms with van der Waals surface area (Å²) < 4.78 is 1.52. The van der Waals surface area contributed by atoms with Gasteiger partial charge >= 0.3 is 330 Å². The van der Waals surface area contributed by atoms with Crippen LogP contribution in [0.2, 0.25) is 0 Å². The zero-order chi connectivity index (χ0) is 39.1. The summed E-state index contributed by atoms with van der Waals surface area (Å²) in [6.07, 6.45) is 1.03. The van der Waals surface area contributed by atoms with Gasteiger partial charge in [-0.25, -0.2) is 0 Å². The minimum atomic E-state index is -2.96. The molecule has 0 spiro atoms. The molecule has 0 radical (unpaired) electrons. The Morgan fingerprint density at radius 1 is 0.370 bits per heavy atom. The molecule has 3 aromatic rings. The molecule has 4 rings (SSSR count). The molecule has 0 saturated carbocycles. The van der Waals surface area contributed by atoms with E-state index in [9.17, 15) is 0 Å². The van der Waals surface area contributed by atoms with Gasteiger partial charge in [-0.05, 0) is 0 Å². The van der Waals surface area contributed by atoms with E-state index in [0.29, 0.717) is 0 Å². The van der Waals surface area contributed by atoms with Gasteiger partial charge in [-0.1, -0.05) is 0 Å². The molecule has 0 bridgehead atoms. The molecule has 1 aliphatic carbocycles. The number of rotatable bonds is 4. The third-order valence-electron chi connectivity index (χ3n) is 11.6. The smallest absolute Gasteiger partial charge is 1.00 e. The summed E-state index contributed by atoms with van der Waals surface area (Å²) in [4.78, 5) is 0. The van der Waals surface area contributed by atoms with Gasteiger partial charge < -0.3 is 37.2 Å². The van der Waals surface area contributed by atoms with E-state index < -0.39 is 8.07 Å². The van der Waals surface area contributed by atoms with Crippen LogP contribution in [0.3, 0.4) is 0 Å². The summed E-state index contributed by atoms with van der Waals surface area (Å²) in [5, 5.41) is 6.27. The van der Waals surface area contributed by atoms with Crippen LogP contribution in [0.4, 0.5) is 0 Å². The van der Waals surface area contributed by atoms with Crippen LogP contribution in [0.15, 0.2) is 74.8 Å². The predicted molar refractivity (Wildman–Crippen MR) is 226 cm³/mol. The molecule has 0 atom stereocenters. The second kappa shape index (κ2) is 16.7. The Morgan fingerprint density at radius 3 is 0.722 bits per heavy atom. The van der Waals surface area contributed by atoms with Gasteiger partial charge in [0.05, 0.1) is 0 Å². The van der Waals surface area contributed by atoms with Crippen LogP contribution in [0.1, 0.15) is 178 Å². The molecule has 0 amide bonds. The molecule has 0 N–H and O–H groups in total. The van der Waals surface area contributed by atoms with Crippen LogP contribution >= 0.6 is 0 Å². The number of hydrogen-bond donors (Lipinski definition) is 0. The predicted octanol–water partition coefficient (Wildman–Crippen LogP) is 3.03. The third kappa shape index (κ3) is 10.3. The summed E-state index contributed by atoms with van der Waals surface area (Å²) in [6.45, 7) is 48.0. The van der Waals surface area contributed by atoms with E-state index in [1.807, 2.05) is 0 Å². The largest absolute Gasteiger partial charge is 1.00 e. The fourth-order valence-corrected chi connectivity index (χ4v) is 13.8. The standard InChI is InChI=1S/C49H71Si.3ClH.Ti/c1-32-21-22-43(33(32)2)50(40-26-34(44(3,4)5)23-35(27-40)45(6,7)8,41-28-36(46(9,10)11)24-37(29-41)47(12,13)14)42-30-38(48(15,16)17)25-39(31-42)49(18,19)20;;;;/h23-31H,22H2,1-20H3;3*1H;/q;;;;+3/p-3.